The summed E-state index contributed by atoms with van der Waals surface area (Å²) < 4.78 is 0. The number of nitrogens with one attached hydrogen (secondary N) is 1. The third-order valence-electron chi connectivity index (χ3n) is 5.65. The molecule has 1 N–H and O–H groups in total. The lowest BCUT2D eigenvalue weighted by Crippen LogP contribution is -2.52. The second-order valence-electron chi connectivity index (χ2n) is 9.00. The first-order valence-corrected chi connectivity index (χ1v) is 9.70. The minimum absolute atomic E-state index is 0.0320. The van der Waals surface area contributed by atoms with Crippen molar-refractivity contribution in [2.24, 2.45) is 17.8 Å². The van der Waals surface area contributed by atoms with E-state index in [9.17, 15) is 4.79 Å². The van der Waals surface area contributed by atoms with Crippen LogP contribution in [0.5, 0.6) is 0 Å². The number of carbonyl (C=O) groups excluding carboxylic acids is 1. The molecule has 3 rings (SSSR count). The van der Waals surface area contributed by atoms with Crippen LogP contribution in [-0.4, -0.2) is 35.7 Å². The Morgan fingerprint density at radius 1 is 1.16 bits per heavy atom. The van der Waals surface area contributed by atoms with E-state index in [4.69, 9.17) is 0 Å². The van der Waals surface area contributed by atoms with Crippen LogP contribution < -0.4 is 10.2 Å². The van der Waals surface area contributed by atoms with Crippen molar-refractivity contribution in [3.05, 3.63) is 17.8 Å². The Labute approximate surface area is 151 Å². The van der Waals surface area contributed by atoms with Gasteiger partial charge in [-0.15, -0.1) is 5.10 Å². The van der Waals surface area contributed by atoms with Gasteiger partial charge in [-0.2, -0.15) is 5.10 Å². The molecule has 1 saturated carbocycles. The number of rotatable bonds is 4. The van der Waals surface area contributed by atoms with E-state index in [1.807, 2.05) is 0 Å². The molecule has 2 fully saturated rings. The van der Waals surface area contributed by atoms with E-state index in [0.29, 0.717) is 5.92 Å². The van der Waals surface area contributed by atoms with E-state index < -0.39 is 0 Å². The highest BCUT2D eigenvalue weighted by Gasteiger charge is 2.30. The maximum atomic E-state index is 12.3. The lowest BCUT2D eigenvalue weighted by molar-refractivity contribution is -0.126. The van der Waals surface area contributed by atoms with Crippen LogP contribution in [0.15, 0.2) is 12.1 Å². The Balaban J connectivity index is 1.40. The van der Waals surface area contributed by atoms with E-state index in [-0.39, 0.29) is 17.2 Å². The minimum Gasteiger partial charge on any atom is -0.355 e. The maximum Gasteiger partial charge on any atom is 0.223 e. The van der Waals surface area contributed by atoms with Crippen LogP contribution in [0.4, 0.5) is 5.82 Å². The van der Waals surface area contributed by atoms with Crippen LogP contribution in [0.3, 0.4) is 0 Å². The van der Waals surface area contributed by atoms with Gasteiger partial charge in [-0.05, 0) is 43.7 Å². The Bertz CT molecular complexity index is 579. The number of aromatic nitrogens is 2. The first-order valence-electron chi connectivity index (χ1n) is 9.70. The molecular formula is C20H32N4O. The van der Waals surface area contributed by atoms with Crippen molar-refractivity contribution in [3.63, 3.8) is 0 Å². The monoisotopic (exact) mass is 344 g/mol. The third kappa shape index (κ3) is 4.50. The van der Waals surface area contributed by atoms with Gasteiger partial charge < -0.3 is 10.2 Å². The van der Waals surface area contributed by atoms with Crippen molar-refractivity contribution in [2.45, 2.75) is 58.8 Å². The van der Waals surface area contributed by atoms with Gasteiger partial charge in [0.05, 0.1) is 5.69 Å². The fourth-order valence-electron chi connectivity index (χ4n) is 3.69. The average molecular weight is 345 g/mol. The zero-order valence-electron chi connectivity index (χ0n) is 16.1. The van der Waals surface area contributed by atoms with Crippen LogP contribution in [0, 0.1) is 17.8 Å². The lowest BCUT2D eigenvalue weighted by atomic mass is 9.82. The molecule has 25 heavy (non-hydrogen) atoms. The van der Waals surface area contributed by atoms with Gasteiger partial charge in [0.25, 0.3) is 0 Å². The molecule has 0 atom stereocenters. The highest BCUT2D eigenvalue weighted by Crippen LogP contribution is 2.29. The SMILES string of the molecule is CC1CCC(C(=O)NCC2CN(c3ccc(C(C)(C)C)nn3)C2)CC1. The van der Waals surface area contributed by atoms with Crippen LogP contribution in [-0.2, 0) is 10.2 Å². The second-order valence-corrected chi connectivity index (χ2v) is 9.00. The summed E-state index contributed by atoms with van der Waals surface area (Å²) in [5, 5.41) is 11.9. The zero-order valence-corrected chi connectivity index (χ0v) is 16.1. The number of amides is 1. The number of anilines is 1. The molecule has 2 aliphatic rings. The Hall–Kier alpha value is -1.65. The summed E-state index contributed by atoms with van der Waals surface area (Å²) in [5.74, 6) is 2.75. The predicted octanol–water partition coefficient (Wildman–Crippen LogP) is 3.15. The molecule has 1 aromatic rings. The van der Waals surface area contributed by atoms with Crippen molar-refractivity contribution in [1.82, 2.24) is 15.5 Å². The quantitative estimate of drug-likeness (QED) is 0.911. The van der Waals surface area contributed by atoms with Gasteiger partial charge >= 0.3 is 0 Å². The van der Waals surface area contributed by atoms with Gasteiger partial charge in [-0.25, -0.2) is 0 Å². The van der Waals surface area contributed by atoms with Crippen LogP contribution in [0.2, 0.25) is 0 Å². The van der Waals surface area contributed by atoms with Crippen LogP contribution in [0.25, 0.3) is 0 Å². The summed E-state index contributed by atoms with van der Waals surface area (Å²) in [6.45, 7) is 11.4. The second kappa shape index (κ2) is 7.30. The molecule has 1 aliphatic carbocycles. The molecule has 0 spiro atoms. The van der Waals surface area contributed by atoms with E-state index >= 15 is 0 Å². The molecule has 0 radical (unpaired) electrons. The number of carbonyl (C=O) groups is 1. The van der Waals surface area contributed by atoms with Gasteiger partial charge in [-0.1, -0.05) is 27.7 Å². The first-order chi connectivity index (χ1) is 11.8. The first kappa shape index (κ1) is 18.2. The largest absolute Gasteiger partial charge is 0.355 e. The molecule has 0 unspecified atom stereocenters. The smallest absolute Gasteiger partial charge is 0.223 e. The molecule has 5 heteroatoms. The highest BCUT2D eigenvalue weighted by molar-refractivity contribution is 5.78. The molecular weight excluding hydrogens is 312 g/mol. The van der Waals surface area contributed by atoms with Gasteiger partial charge in [0.2, 0.25) is 5.91 Å². The summed E-state index contributed by atoms with van der Waals surface area (Å²) in [7, 11) is 0. The molecule has 0 aromatic carbocycles. The molecule has 1 saturated heterocycles. The van der Waals surface area contributed by atoms with Gasteiger partial charge in [0.1, 0.15) is 0 Å². The molecule has 0 bridgehead atoms. The fraction of sp³-hybridized carbons (Fsp3) is 0.750. The summed E-state index contributed by atoms with van der Waals surface area (Å²) in [6, 6.07) is 4.13. The molecule has 1 aromatic heterocycles. The molecule has 1 aliphatic heterocycles. The van der Waals surface area contributed by atoms with E-state index in [1.54, 1.807) is 0 Å². The molecule has 138 valence electrons. The molecule has 1 amide bonds. The van der Waals surface area contributed by atoms with Crippen molar-refractivity contribution in [3.8, 4) is 0 Å². The topological polar surface area (TPSA) is 58.1 Å². The normalized spacial score (nSPS) is 24.7. The van der Waals surface area contributed by atoms with Crippen molar-refractivity contribution in [1.29, 1.82) is 0 Å². The maximum absolute atomic E-state index is 12.3. The Morgan fingerprint density at radius 2 is 1.84 bits per heavy atom. The standard InChI is InChI=1S/C20H32N4O/c1-14-5-7-16(8-6-14)19(25)21-11-15-12-24(13-15)18-10-9-17(22-23-18)20(2,3)4/h9-10,14-16H,5-8,11-13H2,1-4H3,(H,21,25). The lowest BCUT2D eigenvalue weighted by Gasteiger charge is -2.40. The summed E-state index contributed by atoms with van der Waals surface area (Å²) in [4.78, 5) is 14.5. The number of nitrogens with zero attached hydrogens (tertiary/aromatic N) is 3. The van der Waals surface area contributed by atoms with Gasteiger partial charge in [0.15, 0.2) is 5.82 Å². The van der Waals surface area contributed by atoms with E-state index in [0.717, 1.165) is 49.9 Å². The predicted molar refractivity (Wildman–Crippen MR) is 101 cm³/mol. The van der Waals surface area contributed by atoms with E-state index in [1.165, 1.54) is 12.8 Å². The van der Waals surface area contributed by atoms with Crippen LogP contribution in [0.1, 0.15) is 59.1 Å². The highest BCUT2D eigenvalue weighted by atomic mass is 16.1. The van der Waals surface area contributed by atoms with Crippen molar-refractivity contribution in [2.75, 3.05) is 24.5 Å². The van der Waals surface area contributed by atoms with E-state index in [2.05, 4.69) is 60.2 Å². The van der Waals surface area contributed by atoms with Crippen molar-refractivity contribution < 1.29 is 4.79 Å². The number of hydrogen-bond acceptors (Lipinski definition) is 4. The average Bonchev–Trinajstić information content (AvgIpc) is 2.53. The summed E-state index contributed by atoms with van der Waals surface area (Å²) in [6.07, 6.45) is 4.50. The van der Waals surface area contributed by atoms with Gasteiger partial charge in [0, 0.05) is 36.9 Å². The molecule has 2 heterocycles. The Morgan fingerprint density at radius 3 is 2.40 bits per heavy atom. The Kier molecular flexibility index (Phi) is 5.30. The fourth-order valence-corrected chi connectivity index (χ4v) is 3.69. The summed E-state index contributed by atoms with van der Waals surface area (Å²) in [5.41, 5.74) is 1.05. The van der Waals surface area contributed by atoms with Crippen LogP contribution >= 0.6 is 0 Å². The third-order valence-corrected chi connectivity index (χ3v) is 5.65. The van der Waals surface area contributed by atoms with Crippen molar-refractivity contribution >= 4 is 11.7 Å². The summed E-state index contributed by atoms with van der Waals surface area (Å²) >= 11 is 0. The van der Waals surface area contributed by atoms with Gasteiger partial charge in [-0.3, -0.25) is 4.79 Å². The zero-order chi connectivity index (χ0) is 18.0. The minimum atomic E-state index is 0.0320. The molecule has 5 nitrogen and oxygen atoms in total. The number of hydrogen-bond donors (Lipinski definition) is 1.